The molecule has 0 aromatic rings. The lowest BCUT2D eigenvalue weighted by Gasteiger charge is -2.39. The second-order valence-corrected chi connectivity index (χ2v) is 7.62. The van der Waals surface area contributed by atoms with Gasteiger partial charge in [-0.25, -0.2) is 0 Å². The van der Waals surface area contributed by atoms with E-state index in [1.54, 1.807) is 0 Å². The molecule has 1 rings (SSSR count). The molecular weight excluding hydrogens is 232 g/mol. The molecule has 1 heterocycles. The Morgan fingerprint density at radius 3 is 2.21 bits per heavy atom. The fourth-order valence-corrected chi connectivity index (χ4v) is 3.05. The molecule has 2 heteroatoms. The van der Waals surface area contributed by atoms with Crippen LogP contribution in [-0.4, -0.2) is 36.1 Å². The van der Waals surface area contributed by atoms with Crippen LogP contribution in [0.2, 0.25) is 0 Å². The first-order chi connectivity index (χ1) is 8.83. The highest BCUT2D eigenvalue weighted by Crippen LogP contribution is 2.24. The second-order valence-electron chi connectivity index (χ2n) is 7.62. The summed E-state index contributed by atoms with van der Waals surface area (Å²) >= 11 is 0. The van der Waals surface area contributed by atoms with Crippen LogP contribution < -0.4 is 5.32 Å². The molecule has 1 aliphatic rings. The molecule has 0 amide bonds. The molecule has 0 spiro atoms. The molecule has 1 N–H and O–H groups in total. The molecule has 0 bridgehead atoms. The largest absolute Gasteiger partial charge is 0.312 e. The average molecular weight is 268 g/mol. The lowest BCUT2D eigenvalue weighted by molar-refractivity contribution is 0.104. The molecule has 114 valence electrons. The van der Waals surface area contributed by atoms with E-state index in [4.69, 9.17) is 0 Å². The molecule has 1 fully saturated rings. The van der Waals surface area contributed by atoms with Gasteiger partial charge in [-0.05, 0) is 72.0 Å². The highest BCUT2D eigenvalue weighted by atomic mass is 15.2. The molecule has 0 saturated carbocycles. The summed E-state index contributed by atoms with van der Waals surface area (Å²) in [6, 6.07) is 0.706. The lowest BCUT2D eigenvalue weighted by Crippen LogP contribution is -2.47. The predicted octanol–water partition coefficient (Wildman–Crippen LogP) is 3.91. The molecular formula is C17H36N2. The van der Waals surface area contributed by atoms with E-state index in [1.165, 1.54) is 38.8 Å². The standard InChI is InChI=1S/C17H36N2/c1-7-8-16-9-11-19(12-10-16)15(3)14(2)13-18-17(4,5)6/h14-16,18H,7-13H2,1-6H3. The molecule has 0 radical (unpaired) electrons. The van der Waals surface area contributed by atoms with Crippen LogP contribution in [0.5, 0.6) is 0 Å². The van der Waals surface area contributed by atoms with E-state index in [9.17, 15) is 0 Å². The van der Waals surface area contributed by atoms with E-state index in [0.717, 1.165) is 18.4 Å². The zero-order chi connectivity index (χ0) is 14.5. The van der Waals surface area contributed by atoms with Crippen LogP contribution in [0.25, 0.3) is 0 Å². The van der Waals surface area contributed by atoms with Crippen LogP contribution in [0.1, 0.15) is 67.2 Å². The van der Waals surface area contributed by atoms with Crippen molar-refractivity contribution in [3.05, 3.63) is 0 Å². The van der Waals surface area contributed by atoms with Crippen LogP contribution in [0, 0.1) is 11.8 Å². The van der Waals surface area contributed by atoms with Crippen molar-refractivity contribution in [3.8, 4) is 0 Å². The van der Waals surface area contributed by atoms with Gasteiger partial charge in [0.05, 0.1) is 0 Å². The topological polar surface area (TPSA) is 15.3 Å². The van der Waals surface area contributed by atoms with Crippen LogP contribution in [0.15, 0.2) is 0 Å². The van der Waals surface area contributed by atoms with Crippen molar-refractivity contribution in [3.63, 3.8) is 0 Å². The van der Waals surface area contributed by atoms with E-state index in [1.807, 2.05) is 0 Å². The van der Waals surface area contributed by atoms with E-state index in [0.29, 0.717) is 6.04 Å². The first-order valence-electron chi connectivity index (χ1n) is 8.32. The Bertz CT molecular complexity index is 236. The maximum Gasteiger partial charge on any atom is 0.0105 e. The Morgan fingerprint density at radius 1 is 1.16 bits per heavy atom. The van der Waals surface area contributed by atoms with Gasteiger partial charge in [-0.1, -0.05) is 26.7 Å². The van der Waals surface area contributed by atoms with Crippen molar-refractivity contribution < 1.29 is 0 Å². The fraction of sp³-hybridized carbons (Fsp3) is 1.00. The van der Waals surface area contributed by atoms with Crippen LogP contribution in [0.3, 0.4) is 0 Å². The first kappa shape index (κ1) is 17.0. The Kier molecular flexibility index (Phi) is 6.82. The van der Waals surface area contributed by atoms with E-state index in [2.05, 4.69) is 51.8 Å². The number of piperidine rings is 1. The monoisotopic (exact) mass is 268 g/mol. The number of hydrogen-bond donors (Lipinski definition) is 1. The molecule has 2 atom stereocenters. The Balaban J connectivity index is 2.31. The minimum Gasteiger partial charge on any atom is -0.312 e. The smallest absolute Gasteiger partial charge is 0.0105 e. The number of nitrogens with zero attached hydrogens (tertiary/aromatic N) is 1. The Morgan fingerprint density at radius 2 is 1.74 bits per heavy atom. The SMILES string of the molecule is CCCC1CCN(C(C)C(C)CNC(C)(C)C)CC1. The zero-order valence-corrected chi connectivity index (χ0v) is 14.1. The van der Waals surface area contributed by atoms with E-state index < -0.39 is 0 Å². The molecule has 2 nitrogen and oxygen atoms in total. The zero-order valence-electron chi connectivity index (χ0n) is 14.1. The van der Waals surface area contributed by atoms with Crippen molar-refractivity contribution in [2.24, 2.45) is 11.8 Å². The fourth-order valence-electron chi connectivity index (χ4n) is 3.05. The summed E-state index contributed by atoms with van der Waals surface area (Å²) in [5.74, 6) is 1.72. The first-order valence-corrected chi connectivity index (χ1v) is 8.32. The molecule has 0 aliphatic carbocycles. The minimum atomic E-state index is 0.238. The second kappa shape index (κ2) is 7.64. The summed E-state index contributed by atoms with van der Waals surface area (Å²) in [5, 5.41) is 3.64. The summed E-state index contributed by atoms with van der Waals surface area (Å²) in [4.78, 5) is 2.71. The predicted molar refractivity (Wildman–Crippen MR) is 85.6 cm³/mol. The molecule has 19 heavy (non-hydrogen) atoms. The van der Waals surface area contributed by atoms with Gasteiger partial charge in [0, 0.05) is 11.6 Å². The van der Waals surface area contributed by atoms with Gasteiger partial charge in [-0.15, -0.1) is 0 Å². The summed E-state index contributed by atoms with van der Waals surface area (Å²) < 4.78 is 0. The summed E-state index contributed by atoms with van der Waals surface area (Å²) in [5.41, 5.74) is 0.238. The lowest BCUT2D eigenvalue weighted by atomic mass is 9.90. The minimum absolute atomic E-state index is 0.238. The van der Waals surface area contributed by atoms with Crippen molar-refractivity contribution in [1.82, 2.24) is 10.2 Å². The van der Waals surface area contributed by atoms with Crippen molar-refractivity contribution in [2.45, 2.75) is 78.8 Å². The van der Waals surface area contributed by atoms with Crippen molar-refractivity contribution in [2.75, 3.05) is 19.6 Å². The van der Waals surface area contributed by atoms with Gasteiger partial charge in [-0.3, -0.25) is 0 Å². The van der Waals surface area contributed by atoms with Gasteiger partial charge in [-0.2, -0.15) is 0 Å². The molecule has 0 aromatic carbocycles. The van der Waals surface area contributed by atoms with E-state index in [-0.39, 0.29) is 5.54 Å². The third-order valence-electron chi connectivity index (χ3n) is 4.70. The van der Waals surface area contributed by atoms with Gasteiger partial charge < -0.3 is 10.2 Å². The third kappa shape index (κ3) is 6.27. The van der Waals surface area contributed by atoms with Crippen LogP contribution in [0.4, 0.5) is 0 Å². The number of rotatable bonds is 6. The highest BCUT2D eigenvalue weighted by molar-refractivity contribution is 4.81. The van der Waals surface area contributed by atoms with Gasteiger partial charge in [0.25, 0.3) is 0 Å². The molecule has 1 aliphatic heterocycles. The van der Waals surface area contributed by atoms with Crippen LogP contribution in [-0.2, 0) is 0 Å². The van der Waals surface area contributed by atoms with Crippen LogP contribution >= 0.6 is 0 Å². The maximum absolute atomic E-state index is 3.64. The van der Waals surface area contributed by atoms with Gasteiger partial charge in [0.2, 0.25) is 0 Å². The third-order valence-corrected chi connectivity index (χ3v) is 4.70. The van der Waals surface area contributed by atoms with E-state index >= 15 is 0 Å². The summed E-state index contributed by atoms with van der Waals surface area (Å²) in [6.07, 6.45) is 5.62. The van der Waals surface area contributed by atoms with Gasteiger partial charge in [0.1, 0.15) is 0 Å². The summed E-state index contributed by atoms with van der Waals surface area (Å²) in [6.45, 7) is 17.6. The molecule has 0 aromatic heterocycles. The average Bonchev–Trinajstić information content (AvgIpc) is 2.35. The normalized spacial score (nSPS) is 22.4. The highest BCUT2D eigenvalue weighted by Gasteiger charge is 2.25. The molecule has 2 unspecified atom stereocenters. The number of hydrogen-bond acceptors (Lipinski definition) is 2. The molecule has 1 saturated heterocycles. The number of likely N-dealkylation sites (tertiary alicyclic amines) is 1. The Labute approximate surface area is 121 Å². The van der Waals surface area contributed by atoms with Crippen molar-refractivity contribution >= 4 is 0 Å². The number of nitrogens with one attached hydrogen (secondary N) is 1. The Hall–Kier alpha value is -0.0800. The van der Waals surface area contributed by atoms with Crippen molar-refractivity contribution in [1.29, 1.82) is 0 Å². The summed E-state index contributed by atoms with van der Waals surface area (Å²) in [7, 11) is 0. The van der Waals surface area contributed by atoms with Gasteiger partial charge in [0.15, 0.2) is 0 Å². The maximum atomic E-state index is 3.64. The van der Waals surface area contributed by atoms with Gasteiger partial charge >= 0.3 is 0 Å². The quantitative estimate of drug-likeness (QED) is 0.785.